The fourth-order valence-corrected chi connectivity index (χ4v) is 1.99. The first-order valence-electron chi connectivity index (χ1n) is 4.42. The van der Waals surface area contributed by atoms with Crippen LogP contribution in [0.2, 0.25) is 10.0 Å². The summed E-state index contributed by atoms with van der Waals surface area (Å²) in [7, 11) is 0. The van der Waals surface area contributed by atoms with Gasteiger partial charge in [-0.25, -0.2) is 0 Å². The Morgan fingerprint density at radius 2 is 2.13 bits per heavy atom. The van der Waals surface area contributed by atoms with Crippen LogP contribution in [0, 0.1) is 0 Å². The Bertz CT molecular complexity index is 341. The molecule has 1 aromatic carbocycles. The molecule has 0 amide bonds. The fraction of sp³-hybridized carbons (Fsp3) is 0.273. The minimum Gasteiger partial charge on any atom is -0.369 e. The molecule has 15 heavy (non-hydrogen) atoms. The molecule has 1 rings (SSSR count). The van der Waals surface area contributed by atoms with E-state index in [-0.39, 0.29) is 6.10 Å². The summed E-state index contributed by atoms with van der Waals surface area (Å²) in [5.74, 6) is 0. The van der Waals surface area contributed by atoms with Gasteiger partial charge in [-0.05, 0) is 17.7 Å². The van der Waals surface area contributed by atoms with Crippen LogP contribution in [-0.2, 0) is 4.74 Å². The topological polar surface area (TPSA) is 9.23 Å². The van der Waals surface area contributed by atoms with Crippen molar-refractivity contribution in [3.05, 3.63) is 46.5 Å². The molecule has 0 heterocycles. The molecule has 0 aromatic heterocycles. The first-order chi connectivity index (χ1) is 7.19. The Kier molecular flexibility index (Phi) is 5.69. The molecule has 0 aliphatic carbocycles. The quantitative estimate of drug-likeness (QED) is 0.569. The molecule has 0 aliphatic heterocycles. The van der Waals surface area contributed by atoms with E-state index in [1.54, 1.807) is 12.1 Å². The van der Waals surface area contributed by atoms with Gasteiger partial charge in [-0.15, -0.1) is 6.58 Å². The molecule has 0 bridgehead atoms. The molecule has 0 spiro atoms. The standard InChI is InChI=1S/C11H11BrCl2O/c1-2-5-15-11(7-12)8-3-4-9(13)10(14)6-8/h2-4,6,11H,1,5,7H2. The molecule has 0 aliphatic rings. The zero-order valence-corrected chi connectivity index (χ0v) is 11.1. The molecule has 1 aromatic rings. The van der Waals surface area contributed by atoms with Gasteiger partial charge in [0.15, 0.2) is 0 Å². The third-order valence-corrected chi connectivity index (χ3v) is 3.20. The first kappa shape index (κ1) is 13.0. The van der Waals surface area contributed by atoms with Crippen molar-refractivity contribution < 1.29 is 4.74 Å². The van der Waals surface area contributed by atoms with Crippen molar-refractivity contribution >= 4 is 39.1 Å². The first-order valence-corrected chi connectivity index (χ1v) is 6.30. The number of hydrogen-bond acceptors (Lipinski definition) is 1. The highest BCUT2D eigenvalue weighted by Crippen LogP contribution is 2.28. The third kappa shape index (κ3) is 3.80. The fourth-order valence-electron chi connectivity index (χ4n) is 1.13. The zero-order valence-electron chi connectivity index (χ0n) is 8.05. The Hall–Kier alpha value is -0.0200. The number of hydrogen-bond donors (Lipinski definition) is 0. The summed E-state index contributed by atoms with van der Waals surface area (Å²) in [5, 5.41) is 1.80. The van der Waals surface area contributed by atoms with Gasteiger partial charge in [0.2, 0.25) is 0 Å². The van der Waals surface area contributed by atoms with E-state index < -0.39 is 0 Å². The van der Waals surface area contributed by atoms with E-state index in [0.717, 1.165) is 5.56 Å². The van der Waals surface area contributed by atoms with Gasteiger partial charge < -0.3 is 4.74 Å². The summed E-state index contributed by atoms with van der Waals surface area (Å²) in [4.78, 5) is 0. The van der Waals surface area contributed by atoms with Crippen LogP contribution in [-0.4, -0.2) is 11.9 Å². The van der Waals surface area contributed by atoms with Gasteiger partial charge in [0.25, 0.3) is 0 Å². The van der Waals surface area contributed by atoms with Gasteiger partial charge in [-0.3, -0.25) is 0 Å². The zero-order chi connectivity index (χ0) is 11.3. The van der Waals surface area contributed by atoms with E-state index in [0.29, 0.717) is 22.0 Å². The average Bonchev–Trinajstić information content (AvgIpc) is 2.24. The molecule has 0 saturated carbocycles. The molecule has 1 atom stereocenters. The minimum absolute atomic E-state index is 0.0298. The maximum absolute atomic E-state index is 5.93. The molecule has 0 saturated heterocycles. The summed E-state index contributed by atoms with van der Waals surface area (Å²) in [5.41, 5.74) is 1.00. The number of rotatable bonds is 5. The van der Waals surface area contributed by atoms with Crippen LogP contribution in [0.4, 0.5) is 0 Å². The van der Waals surface area contributed by atoms with Crippen molar-refractivity contribution in [2.24, 2.45) is 0 Å². The van der Waals surface area contributed by atoms with E-state index in [2.05, 4.69) is 22.5 Å². The lowest BCUT2D eigenvalue weighted by Gasteiger charge is -2.15. The second kappa shape index (κ2) is 6.54. The molecule has 1 unspecified atom stereocenters. The van der Waals surface area contributed by atoms with Crippen LogP contribution < -0.4 is 0 Å². The smallest absolute Gasteiger partial charge is 0.0926 e. The third-order valence-electron chi connectivity index (χ3n) is 1.87. The minimum atomic E-state index is -0.0298. The van der Waals surface area contributed by atoms with Crippen LogP contribution in [0.25, 0.3) is 0 Å². The average molecular weight is 310 g/mol. The van der Waals surface area contributed by atoms with Gasteiger partial charge in [-0.1, -0.05) is 51.3 Å². The molecular weight excluding hydrogens is 299 g/mol. The predicted octanol–water partition coefficient (Wildman–Crippen LogP) is 4.63. The van der Waals surface area contributed by atoms with Crippen LogP contribution in [0.3, 0.4) is 0 Å². The number of alkyl halides is 1. The Balaban J connectivity index is 2.82. The van der Waals surface area contributed by atoms with Crippen molar-refractivity contribution in [1.29, 1.82) is 0 Å². The number of ether oxygens (including phenoxy) is 1. The van der Waals surface area contributed by atoms with E-state index in [1.807, 2.05) is 12.1 Å². The predicted molar refractivity (Wildman–Crippen MR) is 69.1 cm³/mol. The van der Waals surface area contributed by atoms with Gasteiger partial charge in [0.1, 0.15) is 0 Å². The molecule has 0 N–H and O–H groups in total. The van der Waals surface area contributed by atoms with Crippen molar-refractivity contribution in [3.8, 4) is 0 Å². The SMILES string of the molecule is C=CCOC(CBr)c1ccc(Cl)c(Cl)c1. The normalized spacial score (nSPS) is 12.5. The van der Waals surface area contributed by atoms with Crippen molar-refractivity contribution in [2.45, 2.75) is 6.10 Å². The van der Waals surface area contributed by atoms with Gasteiger partial charge in [0.05, 0.1) is 22.8 Å². The summed E-state index contributed by atoms with van der Waals surface area (Å²) in [6.45, 7) is 4.12. The van der Waals surface area contributed by atoms with Crippen molar-refractivity contribution in [1.82, 2.24) is 0 Å². The van der Waals surface area contributed by atoms with Crippen LogP contribution >= 0.6 is 39.1 Å². The number of benzene rings is 1. The highest BCUT2D eigenvalue weighted by Gasteiger charge is 2.11. The van der Waals surface area contributed by atoms with Crippen LogP contribution in [0.1, 0.15) is 11.7 Å². The molecule has 0 fully saturated rings. The lowest BCUT2D eigenvalue weighted by molar-refractivity contribution is 0.0932. The monoisotopic (exact) mass is 308 g/mol. The lowest BCUT2D eigenvalue weighted by atomic mass is 10.1. The Morgan fingerprint density at radius 1 is 1.40 bits per heavy atom. The lowest BCUT2D eigenvalue weighted by Crippen LogP contribution is -2.05. The maximum atomic E-state index is 5.93. The van der Waals surface area contributed by atoms with E-state index in [9.17, 15) is 0 Å². The molecular formula is C11H11BrCl2O. The van der Waals surface area contributed by atoms with Gasteiger partial charge >= 0.3 is 0 Å². The summed E-state index contributed by atoms with van der Waals surface area (Å²) >= 11 is 15.1. The largest absolute Gasteiger partial charge is 0.369 e. The molecule has 4 heteroatoms. The molecule has 82 valence electrons. The van der Waals surface area contributed by atoms with Crippen molar-refractivity contribution in [3.63, 3.8) is 0 Å². The highest BCUT2D eigenvalue weighted by atomic mass is 79.9. The Labute approximate surface area is 108 Å². The Morgan fingerprint density at radius 3 is 2.67 bits per heavy atom. The summed E-state index contributed by atoms with van der Waals surface area (Å²) < 4.78 is 5.55. The number of halogens is 3. The van der Waals surface area contributed by atoms with Gasteiger partial charge in [-0.2, -0.15) is 0 Å². The van der Waals surface area contributed by atoms with Crippen LogP contribution in [0.15, 0.2) is 30.9 Å². The van der Waals surface area contributed by atoms with Crippen LogP contribution in [0.5, 0.6) is 0 Å². The summed E-state index contributed by atoms with van der Waals surface area (Å²) in [6, 6.07) is 5.49. The van der Waals surface area contributed by atoms with E-state index in [1.165, 1.54) is 0 Å². The van der Waals surface area contributed by atoms with E-state index in [4.69, 9.17) is 27.9 Å². The van der Waals surface area contributed by atoms with Gasteiger partial charge in [0, 0.05) is 5.33 Å². The highest BCUT2D eigenvalue weighted by molar-refractivity contribution is 9.09. The summed E-state index contributed by atoms with van der Waals surface area (Å²) in [6.07, 6.45) is 1.69. The maximum Gasteiger partial charge on any atom is 0.0926 e. The molecule has 0 radical (unpaired) electrons. The second-order valence-corrected chi connectivity index (χ2v) is 4.40. The second-order valence-electron chi connectivity index (χ2n) is 2.94. The van der Waals surface area contributed by atoms with E-state index >= 15 is 0 Å². The van der Waals surface area contributed by atoms with Crippen molar-refractivity contribution in [2.75, 3.05) is 11.9 Å². The molecule has 1 nitrogen and oxygen atoms in total.